The van der Waals surface area contributed by atoms with Gasteiger partial charge in [0.05, 0.1) is 30.2 Å². The molecule has 4 rings (SSSR count). The standard InChI is InChI=1S/C22H24N2O5S2/c1-28-18-10-5-11-19-21(18)23-22(30-19)24(13-17-9-6-12-29-17)20(25)15-31(26,27)14-16-7-3-2-4-8-16/h2-5,7-8,10-11,17H,6,9,12-15H2,1H3. The van der Waals surface area contributed by atoms with Crippen LogP contribution in [0.1, 0.15) is 18.4 Å². The smallest absolute Gasteiger partial charge is 0.244 e. The number of hydrogen-bond acceptors (Lipinski definition) is 7. The third-order valence-corrected chi connectivity index (χ3v) is 7.61. The number of para-hydroxylation sites is 1. The van der Waals surface area contributed by atoms with Crippen molar-refractivity contribution in [3.8, 4) is 5.75 Å². The largest absolute Gasteiger partial charge is 0.494 e. The molecule has 1 amide bonds. The molecule has 0 spiro atoms. The minimum absolute atomic E-state index is 0.130. The molecule has 2 aromatic carbocycles. The highest BCUT2D eigenvalue weighted by atomic mass is 32.2. The van der Waals surface area contributed by atoms with Crippen molar-refractivity contribution in [1.29, 1.82) is 0 Å². The van der Waals surface area contributed by atoms with Crippen LogP contribution in [0, 0.1) is 0 Å². The summed E-state index contributed by atoms with van der Waals surface area (Å²) >= 11 is 1.34. The predicted octanol–water partition coefficient (Wildman–Crippen LogP) is 3.43. The minimum atomic E-state index is -3.64. The molecule has 1 aromatic heterocycles. The lowest BCUT2D eigenvalue weighted by molar-refractivity contribution is -0.116. The number of carbonyl (C=O) groups is 1. The lowest BCUT2D eigenvalue weighted by Crippen LogP contribution is -2.41. The molecule has 1 aliphatic heterocycles. The Balaban J connectivity index is 1.60. The van der Waals surface area contributed by atoms with Crippen LogP contribution in [0.4, 0.5) is 5.13 Å². The van der Waals surface area contributed by atoms with Crippen LogP contribution in [0.2, 0.25) is 0 Å². The molecule has 2 heterocycles. The fourth-order valence-corrected chi connectivity index (χ4v) is 5.96. The molecule has 9 heteroatoms. The summed E-state index contributed by atoms with van der Waals surface area (Å²) < 4.78 is 37.4. The van der Waals surface area contributed by atoms with Gasteiger partial charge < -0.3 is 9.47 Å². The average molecular weight is 461 g/mol. The molecule has 164 valence electrons. The van der Waals surface area contributed by atoms with E-state index in [-0.39, 0.29) is 18.4 Å². The van der Waals surface area contributed by atoms with Gasteiger partial charge in [-0.15, -0.1) is 0 Å². The number of sulfone groups is 1. The molecule has 0 saturated carbocycles. The van der Waals surface area contributed by atoms with Crippen molar-refractivity contribution in [3.63, 3.8) is 0 Å². The molecule has 3 aromatic rings. The molecule has 0 N–H and O–H groups in total. The number of fused-ring (bicyclic) bond motifs is 1. The molecule has 1 fully saturated rings. The van der Waals surface area contributed by atoms with Gasteiger partial charge in [-0.2, -0.15) is 0 Å². The Labute approximate surface area is 185 Å². The van der Waals surface area contributed by atoms with Crippen molar-refractivity contribution >= 4 is 42.4 Å². The van der Waals surface area contributed by atoms with Crippen molar-refractivity contribution in [2.75, 3.05) is 30.9 Å². The summed E-state index contributed by atoms with van der Waals surface area (Å²) in [7, 11) is -2.07. The van der Waals surface area contributed by atoms with Crippen LogP contribution < -0.4 is 9.64 Å². The first-order chi connectivity index (χ1) is 14.9. The Kier molecular flexibility index (Phi) is 6.54. The van der Waals surface area contributed by atoms with Crippen LogP contribution in [-0.2, 0) is 25.1 Å². The van der Waals surface area contributed by atoms with Gasteiger partial charge >= 0.3 is 0 Å². The number of rotatable bonds is 8. The maximum Gasteiger partial charge on any atom is 0.244 e. The van der Waals surface area contributed by atoms with Crippen molar-refractivity contribution in [3.05, 3.63) is 54.1 Å². The topological polar surface area (TPSA) is 85.8 Å². The predicted molar refractivity (Wildman–Crippen MR) is 121 cm³/mol. The zero-order valence-corrected chi connectivity index (χ0v) is 18.8. The summed E-state index contributed by atoms with van der Waals surface area (Å²) in [4.78, 5) is 19.3. The first kappa shape index (κ1) is 21.7. The van der Waals surface area contributed by atoms with Crippen molar-refractivity contribution in [1.82, 2.24) is 4.98 Å². The van der Waals surface area contributed by atoms with E-state index in [4.69, 9.17) is 9.47 Å². The lowest BCUT2D eigenvalue weighted by Gasteiger charge is -2.23. The number of thiazole rings is 1. The van der Waals surface area contributed by atoms with Gasteiger partial charge in [-0.05, 0) is 30.5 Å². The van der Waals surface area contributed by atoms with Crippen LogP contribution >= 0.6 is 11.3 Å². The quantitative estimate of drug-likeness (QED) is 0.512. The SMILES string of the molecule is COc1cccc2sc(N(CC3CCCO3)C(=O)CS(=O)(=O)Cc3ccccc3)nc12. The third-order valence-electron chi connectivity index (χ3n) is 5.11. The second kappa shape index (κ2) is 9.33. The van der Waals surface area contributed by atoms with E-state index >= 15 is 0 Å². The first-order valence-corrected chi connectivity index (χ1v) is 12.7. The Hall–Kier alpha value is -2.49. The number of carbonyl (C=O) groups excluding carboxylic acids is 1. The van der Waals surface area contributed by atoms with Gasteiger partial charge in [-0.1, -0.05) is 47.7 Å². The maximum absolute atomic E-state index is 13.2. The molecule has 0 radical (unpaired) electrons. The van der Waals surface area contributed by atoms with E-state index in [0.717, 1.165) is 17.5 Å². The highest BCUT2D eigenvalue weighted by Crippen LogP contribution is 2.34. The number of benzene rings is 2. The molecule has 0 bridgehead atoms. The Bertz CT molecular complexity index is 1160. The van der Waals surface area contributed by atoms with E-state index in [9.17, 15) is 13.2 Å². The summed E-state index contributed by atoms with van der Waals surface area (Å²) in [5.74, 6) is -0.645. The average Bonchev–Trinajstić information content (AvgIpc) is 3.41. The van der Waals surface area contributed by atoms with Crippen LogP contribution in [0.3, 0.4) is 0 Å². The molecule has 31 heavy (non-hydrogen) atoms. The zero-order valence-electron chi connectivity index (χ0n) is 17.2. The molecule has 7 nitrogen and oxygen atoms in total. The summed E-state index contributed by atoms with van der Waals surface area (Å²) in [6, 6.07) is 14.4. The van der Waals surface area contributed by atoms with E-state index in [1.807, 2.05) is 24.3 Å². The number of methoxy groups -OCH3 is 1. The van der Waals surface area contributed by atoms with E-state index in [0.29, 0.717) is 28.6 Å². The normalized spacial score (nSPS) is 16.5. The van der Waals surface area contributed by atoms with Gasteiger partial charge in [0, 0.05) is 6.61 Å². The highest BCUT2D eigenvalue weighted by molar-refractivity contribution is 7.91. The summed E-state index contributed by atoms with van der Waals surface area (Å²) in [6.07, 6.45) is 1.62. The molecular weight excluding hydrogens is 436 g/mol. The molecule has 1 aliphatic rings. The number of aromatic nitrogens is 1. The summed E-state index contributed by atoms with van der Waals surface area (Å²) in [5.41, 5.74) is 1.31. The van der Waals surface area contributed by atoms with Gasteiger partial charge in [0.2, 0.25) is 5.91 Å². The van der Waals surface area contributed by atoms with Crippen LogP contribution in [-0.4, -0.2) is 51.4 Å². The fourth-order valence-electron chi connectivity index (χ4n) is 3.62. The van der Waals surface area contributed by atoms with E-state index in [1.54, 1.807) is 31.4 Å². The Morgan fingerprint density at radius 1 is 1.23 bits per heavy atom. The number of anilines is 1. The van der Waals surface area contributed by atoms with E-state index < -0.39 is 21.5 Å². The van der Waals surface area contributed by atoms with Crippen molar-refractivity contribution in [2.24, 2.45) is 0 Å². The van der Waals surface area contributed by atoms with Gasteiger partial charge in [0.1, 0.15) is 17.0 Å². The molecule has 1 atom stereocenters. The van der Waals surface area contributed by atoms with Crippen LogP contribution in [0.15, 0.2) is 48.5 Å². The Morgan fingerprint density at radius 3 is 2.74 bits per heavy atom. The van der Waals surface area contributed by atoms with Gasteiger partial charge in [0.15, 0.2) is 15.0 Å². The number of ether oxygens (including phenoxy) is 2. The zero-order chi connectivity index (χ0) is 21.8. The Morgan fingerprint density at radius 2 is 2.03 bits per heavy atom. The number of amides is 1. The van der Waals surface area contributed by atoms with Crippen molar-refractivity contribution in [2.45, 2.75) is 24.7 Å². The molecule has 1 saturated heterocycles. The second-order valence-corrected chi connectivity index (χ2v) is 10.5. The highest BCUT2D eigenvalue weighted by Gasteiger charge is 2.29. The first-order valence-electron chi connectivity index (χ1n) is 10.0. The monoisotopic (exact) mass is 460 g/mol. The van der Waals surface area contributed by atoms with Crippen molar-refractivity contribution < 1.29 is 22.7 Å². The van der Waals surface area contributed by atoms with Gasteiger partial charge in [-0.25, -0.2) is 13.4 Å². The summed E-state index contributed by atoms with van der Waals surface area (Å²) in [6.45, 7) is 0.925. The fraction of sp³-hybridized carbons (Fsp3) is 0.364. The lowest BCUT2D eigenvalue weighted by atomic mass is 10.2. The van der Waals surface area contributed by atoms with Crippen LogP contribution in [0.5, 0.6) is 5.75 Å². The number of nitrogens with zero attached hydrogens (tertiary/aromatic N) is 2. The van der Waals surface area contributed by atoms with Gasteiger partial charge in [-0.3, -0.25) is 9.69 Å². The molecular formula is C22H24N2O5S2. The third kappa shape index (κ3) is 5.23. The van der Waals surface area contributed by atoms with Gasteiger partial charge in [0.25, 0.3) is 0 Å². The number of hydrogen-bond donors (Lipinski definition) is 0. The summed E-state index contributed by atoms with van der Waals surface area (Å²) in [5, 5.41) is 0.454. The van der Waals surface area contributed by atoms with E-state index in [2.05, 4.69) is 4.98 Å². The maximum atomic E-state index is 13.2. The second-order valence-electron chi connectivity index (χ2n) is 7.46. The van der Waals surface area contributed by atoms with E-state index in [1.165, 1.54) is 16.2 Å². The minimum Gasteiger partial charge on any atom is -0.494 e. The molecule has 1 unspecified atom stereocenters. The molecule has 0 aliphatic carbocycles. The van der Waals surface area contributed by atoms with Crippen LogP contribution in [0.25, 0.3) is 10.2 Å².